The SMILES string of the molecule is Cc1cc(C)c(C(=O)Nc2ccc(CC(=O)NCC(F)(F)F)cc2)c(C)c1. The molecule has 2 aromatic carbocycles. The molecule has 0 spiro atoms. The summed E-state index contributed by atoms with van der Waals surface area (Å²) < 4.78 is 36.3. The molecule has 0 aliphatic carbocycles. The third-order valence-corrected chi connectivity index (χ3v) is 3.97. The monoisotopic (exact) mass is 378 g/mol. The lowest BCUT2D eigenvalue weighted by molar-refractivity contribution is -0.138. The van der Waals surface area contributed by atoms with Crippen molar-refractivity contribution in [1.82, 2.24) is 5.32 Å². The molecule has 0 fully saturated rings. The molecule has 0 aromatic heterocycles. The summed E-state index contributed by atoms with van der Waals surface area (Å²) in [6, 6.07) is 10.3. The van der Waals surface area contributed by atoms with E-state index in [1.807, 2.05) is 38.2 Å². The zero-order chi connectivity index (χ0) is 20.2. The van der Waals surface area contributed by atoms with Gasteiger partial charge in [-0.1, -0.05) is 29.8 Å². The summed E-state index contributed by atoms with van der Waals surface area (Å²) in [6.07, 6.45) is -4.60. The predicted octanol–water partition coefficient (Wildman–Crippen LogP) is 4.09. The van der Waals surface area contributed by atoms with Gasteiger partial charge in [0, 0.05) is 11.3 Å². The minimum atomic E-state index is -4.43. The second kappa shape index (κ2) is 8.24. The predicted molar refractivity (Wildman–Crippen MR) is 97.8 cm³/mol. The van der Waals surface area contributed by atoms with Gasteiger partial charge in [-0.15, -0.1) is 0 Å². The van der Waals surface area contributed by atoms with Crippen LogP contribution in [-0.2, 0) is 11.2 Å². The van der Waals surface area contributed by atoms with Gasteiger partial charge in [0.1, 0.15) is 6.54 Å². The number of hydrogen-bond acceptors (Lipinski definition) is 2. The van der Waals surface area contributed by atoms with E-state index in [0.29, 0.717) is 16.8 Å². The van der Waals surface area contributed by atoms with E-state index in [0.717, 1.165) is 16.7 Å². The molecule has 2 amide bonds. The molecule has 2 N–H and O–H groups in total. The van der Waals surface area contributed by atoms with Crippen molar-refractivity contribution in [2.24, 2.45) is 0 Å². The number of halogens is 3. The Morgan fingerprint density at radius 3 is 2.04 bits per heavy atom. The summed E-state index contributed by atoms with van der Waals surface area (Å²) in [6.45, 7) is 4.36. The molecular formula is C20H21F3N2O2. The zero-order valence-corrected chi connectivity index (χ0v) is 15.3. The van der Waals surface area contributed by atoms with Gasteiger partial charge in [-0.05, 0) is 49.6 Å². The molecular weight excluding hydrogens is 357 g/mol. The minimum absolute atomic E-state index is 0.166. The fourth-order valence-electron chi connectivity index (χ4n) is 2.88. The molecule has 0 bridgehead atoms. The molecule has 0 saturated heterocycles. The Morgan fingerprint density at radius 2 is 1.52 bits per heavy atom. The van der Waals surface area contributed by atoms with Gasteiger partial charge in [-0.3, -0.25) is 9.59 Å². The summed E-state index contributed by atoms with van der Waals surface area (Å²) in [5.41, 5.74) is 4.53. The minimum Gasteiger partial charge on any atom is -0.347 e. The first-order valence-corrected chi connectivity index (χ1v) is 8.37. The van der Waals surface area contributed by atoms with Crippen LogP contribution < -0.4 is 10.6 Å². The van der Waals surface area contributed by atoms with Crippen LogP contribution >= 0.6 is 0 Å². The van der Waals surface area contributed by atoms with E-state index < -0.39 is 18.6 Å². The first-order chi connectivity index (χ1) is 12.5. The van der Waals surface area contributed by atoms with Crippen molar-refractivity contribution in [2.75, 3.05) is 11.9 Å². The van der Waals surface area contributed by atoms with Crippen LogP contribution in [0.2, 0.25) is 0 Å². The Balaban J connectivity index is 2.00. The van der Waals surface area contributed by atoms with E-state index in [9.17, 15) is 22.8 Å². The Labute approximate surface area is 155 Å². The number of carbonyl (C=O) groups excluding carboxylic acids is 2. The summed E-state index contributed by atoms with van der Waals surface area (Å²) in [7, 11) is 0. The Morgan fingerprint density at radius 1 is 0.963 bits per heavy atom. The lowest BCUT2D eigenvalue weighted by atomic mass is 9.99. The van der Waals surface area contributed by atoms with Crippen LogP contribution in [0.15, 0.2) is 36.4 Å². The fourth-order valence-corrected chi connectivity index (χ4v) is 2.88. The van der Waals surface area contributed by atoms with Crippen LogP contribution in [0.1, 0.15) is 32.6 Å². The molecule has 0 heterocycles. The van der Waals surface area contributed by atoms with E-state index in [1.165, 1.54) is 0 Å². The van der Waals surface area contributed by atoms with Crippen molar-refractivity contribution >= 4 is 17.5 Å². The maximum atomic E-state index is 12.5. The van der Waals surface area contributed by atoms with Crippen LogP contribution in [0.4, 0.5) is 18.9 Å². The molecule has 2 aromatic rings. The molecule has 27 heavy (non-hydrogen) atoms. The number of hydrogen-bond donors (Lipinski definition) is 2. The first-order valence-electron chi connectivity index (χ1n) is 8.37. The quantitative estimate of drug-likeness (QED) is 0.824. The van der Waals surface area contributed by atoms with Gasteiger partial charge in [0.25, 0.3) is 5.91 Å². The van der Waals surface area contributed by atoms with E-state index in [1.54, 1.807) is 24.3 Å². The van der Waals surface area contributed by atoms with Gasteiger partial charge in [0.05, 0.1) is 6.42 Å². The lowest BCUT2D eigenvalue weighted by Gasteiger charge is -2.12. The van der Waals surface area contributed by atoms with Crippen molar-refractivity contribution in [3.8, 4) is 0 Å². The zero-order valence-electron chi connectivity index (χ0n) is 15.3. The highest BCUT2D eigenvalue weighted by Gasteiger charge is 2.27. The van der Waals surface area contributed by atoms with Crippen LogP contribution in [0.5, 0.6) is 0 Å². The second-order valence-electron chi connectivity index (χ2n) is 6.49. The Hall–Kier alpha value is -2.83. The molecule has 144 valence electrons. The number of alkyl halides is 3. The summed E-state index contributed by atoms with van der Waals surface area (Å²) in [4.78, 5) is 24.1. The lowest BCUT2D eigenvalue weighted by Crippen LogP contribution is -2.34. The van der Waals surface area contributed by atoms with Crippen LogP contribution in [0.25, 0.3) is 0 Å². The molecule has 0 unspecified atom stereocenters. The van der Waals surface area contributed by atoms with E-state index in [4.69, 9.17) is 0 Å². The second-order valence-corrected chi connectivity index (χ2v) is 6.49. The molecule has 0 aliphatic rings. The Bertz CT molecular complexity index is 820. The summed E-state index contributed by atoms with van der Waals surface area (Å²) in [5.74, 6) is -0.948. The van der Waals surface area contributed by atoms with Crippen molar-refractivity contribution in [1.29, 1.82) is 0 Å². The number of carbonyl (C=O) groups is 2. The van der Waals surface area contributed by atoms with Crippen LogP contribution in [0, 0.1) is 20.8 Å². The van der Waals surface area contributed by atoms with Crippen LogP contribution in [0.3, 0.4) is 0 Å². The Kier molecular flexibility index (Phi) is 6.25. The average molecular weight is 378 g/mol. The summed E-state index contributed by atoms with van der Waals surface area (Å²) in [5, 5.41) is 4.62. The topological polar surface area (TPSA) is 58.2 Å². The van der Waals surface area contributed by atoms with Gasteiger partial charge in [-0.25, -0.2) is 0 Å². The largest absolute Gasteiger partial charge is 0.405 e. The smallest absolute Gasteiger partial charge is 0.347 e. The number of rotatable bonds is 5. The molecule has 2 rings (SSSR count). The normalized spacial score (nSPS) is 11.2. The highest BCUT2D eigenvalue weighted by molar-refractivity contribution is 6.06. The standard InChI is InChI=1S/C20H21F3N2O2/c1-12-8-13(2)18(14(3)9-12)19(27)25-16-6-4-15(5-7-16)10-17(26)24-11-20(21,22)23/h4-9H,10-11H2,1-3H3,(H,24,26)(H,25,27). The van der Waals surface area contributed by atoms with Crippen molar-refractivity contribution < 1.29 is 22.8 Å². The highest BCUT2D eigenvalue weighted by atomic mass is 19.4. The van der Waals surface area contributed by atoms with Gasteiger partial charge < -0.3 is 10.6 Å². The summed E-state index contributed by atoms with van der Waals surface area (Å²) >= 11 is 0. The number of anilines is 1. The molecule has 0 radical (unpaired) electrons. The van der Waals surface area contributed by atoms with Gasteiger partial charge in [-0.2, -0.15) is 13.2 Å². The van der Waals surface area contributed by atoms with Gasteiger partial charge in [0.2, 0.25) is 5.91 Å². The van der Waals surface area contributed by atoms with E-state index in [-0.39, 0.29) is 12.3 Å². The molecule has 7 heteroatoms. The molecule has 4 nitrogen and oxygen atoms in total. The van der Waals surface area contributed by atoms with Crippen LogP contribution in [-0.4, -0.2) is 24.5 Å². The number of aryl methyl sites for hydroxylation is 3. The maximum Gasteiger partial charge on any atom is 0.405 e. The van der Waals surface area contributed by atoms with Crippen molar-refractivity contribution in [3.63, 3.8) is 0 Å². The number of benzene rings is 2. The third kappa shape index (κ3) is 6.13. The fraction of sp³-hybridized carbons (Fsp3) is 0.300. The van der Waals surface area contributed by atoms with E-state index in [2.05, 4.69) is 5.32 Å². The van der Waals surface area contributed by atoms with E-state index >= 15 is 0 Å². The van der Waals surface area contributed by atoms with Gasteiger partial charge >= 0.3 is 6.18 Å². The number of amides is 2. The number of nitrogens with one attached hydrogen (secondary N) is 2. The molecule has 0 saturated carbocycles. The first kappa shape index (κ1) is 20.5. The third-order valence-electron chi connectivity index (χ3n) is 3.97. The average Bonchev–Trinajstić information content (AvgIpc) is 2.53. The van der Waals surface area contributed by atoms with Crippen molar-refractivity contribution in [3.05, 3.63) is 64.2 Å². The molecule has 0 aliphatic heterocycles. The maximum absolute atomic E-state index is 12.5. The molecule has 0 atom stereocenters. The highest BCUT2D eigenvalue weighted by Crippen LogP contribution is 2.19. The van der Waals surface area contributed by atoms with Crippen molar-refractivity contribution in [2.45, 2.75) is 33.4 Å². The van der Waals surface area contributed by atoms with Gasteiger partial charge in [0.15, 0.2) is 0 Å².